The topological polar surface area (TPSA) is 63.6 Å². The molecule has 0 saturated carbocycles. The number of aromatic carboxylic acids is 1. The van der Waals surface area contributed by atoms with Crippen molar-refractivity contribution in [3.63, 3.8) is 0 Å². The minimum atomic E-state index is -1.39. The lowest BCUT2D eigenvalue weighted by Gasteiger charge is -2.07. The fourth-order valence-electron chi connectivity index (χ4n) is 1.48. The van der Waals surface area contributed by atoms with Gasteiger partial charge in [0.15, 0.2) is 0 Å². The van der Waals surface area contributed by atoms with Gasteiger partial charge in [-0.3, -0.25) is 4.21 Å². The Balaban J connectivity index is 2.51. The summed E-state index contributed by atoms with van der Waals surface area (Å²) in [7, 11) is -1.39. The normalized spacial score (nSPS) is 12.6. The van der Waals surface area contributed by atoms with E-state index in [9.17, 15) is 13.4 Å². The molecule has 1 aromatic carbocycles. The van der Waals surface area contributed by atoms with Crippen molar-refractivity contribution in [1.82, 2.24) is 0 Å². The van der Waals surface area contributed by atoms with E-state index in [1.165, 1.54) is 6.07 Å². The van der Waals surface area contributed by atoms with Crippen LogP contribution in [0.1, 0.15) is 30.6 Å². The van der Waals surface area contributed by atoms with Crippen LogP contribution in [0.5, 0.6) is 0 Å². The third-order valence-electron chi connectivity index (χ3n) is 2.68. The van der Waals surface area contributed by atoms with E-state index in [0.29, 0.717) is 24.0 Å². The third kappa shape index (κ3) is 5.38. The lowest BCUT2D eigenvalue weighted by atomic mass is 10.1. The number of benzene rings is 1. The molecule has 0 radical (unpaired) electrons. The van der Waals surface area contributed by atoms with Crippen molar-refractivity contribution in [2.75, 3.05) is 19.0 Å². The van der Waals surface area contributed by atoms with Crippen molar-refractivity contribution in [2.45, 2.75) is 25.2 Å². The van der Waals surface area contributed by atoms with Gasteiger partial charge in [0.05, 0.1) is 28.7 Å². The van der Waals surface area contributed by atoms with Crippen LogP contribution in [0.2, 0.25) is 0 Å². The predicted octanol–water partition coefficient (Wildman–Crippen LogP) is 2.69. The molecule has 0 bridgehead atoms. The molecule has 0 aliphatic rings. The summed E-state index contributed by atoms with van der Waals surface area (Å²) in [6.07, 6.45) is 0.937. The Morgan fingerprint density at radius 2 is 2.10 bits per heavy atom. The molecule has 0 fully saturated rings. The average Bonchev–Trinajstić information content (AvgIpc) is 2.37. The first kappa shape index (κ1) is 16.8. The van der Waals surface area contributed by atoms with Crippen LogP contribution in [-0.2, 0) is 15.5 Å². The molecule has 0 spiro atoms. The van der Waals surface area contributed by atoms with Crippen molar-refractivity contribution in [3.8, 4) is 0 Å². The molecule has 0 aliphatic carbocycles. The summed E-state index contributed by atoms with van der Waals surface area (Å²) >= 11 is 0. The number of ether oxygens (including phenoxy) is 1. The highest BCUT2D eigenvalue weighted by Crippen LogP contribution is 2.14. The van der Waals surface area contributed by atoms with Crippen LogP contribution in [0.15, 0.2) is 23.1 Å². The molecule has 1 aromatic rings. The molecule has 0 aromatic heterocycles. The van der Waals surface area contributed by atoms with E-state index in [1.54, 1.807) is 0 Å². The van der Waals surface area contributed by atoms with Gasteiger partial charge >= 0.3 is 5.97 Å². The number of carboxylic acid groups (broad SMARTS) is 1. The molecule has 0 aliphatic heterocycles. The number of hydrogen-bond donors (Lipinski definition) is 1. The molecule has 0 amide bonds. The zero-order valence-electron chi connectivity index (χ0n) is 11.6. The van der Waals surface area contributed by atoms with E-state index >= 15 is 0 Å². The van der Waals surface area contributed by atoms with E-state index < -0.39 is 28.1 Å². The maximum Gasteiger partial charge on any atom is 0.338 e. The zero-order chi connectivity index (χ0) is 15.1. The van der Waals surface area contributed by atoms with Gasteiger partial charge < -0.3 is 9.84 Å². The standard InChI is InChI=1S/C14H19FO4S/c1-10(2)5-6-19-7-8-20(18)11-3-4-13(15)12(9-11)14(16)17/h3-4,9-10H,5-8H2,1-2H3,(H,16,17). The Morgan fingerprint density at radius 3 is 2.70 bits per heavy atom. The molecule has 1 N–H and O–H groups in total. The molecule has 0 saturated heterocycles. The van der Waals surface area contributed by atoms with Gasteiger partial charge in [-0.25, -0.2) is 9.18 Å². The largest absolute Gasteiger partial charge is 0.478 e. The van der Waals surface area contributed by atoms with Crippen LogP contribution in [0.4, 0.5) is 4.39 Å². The van der Waals surface area contributed by atoms with E-state index in [4.69, 9.17) is 9.84 Å². The van der Waals surface area contributed by atoms with Crippen molar-refractivity contribution in [2.24, 2.45) is 5.92 Å². The number of rotatable bonds is 8. The highest BCUT2D eigenvalue weighted by Gasteiger charge is 2.13. The smallest absolute Gasteiger partial charge is 0.338 e. The van der Waals surface area contributed by atoms with Gasteiger partial charge in [0.25, 0.3) is 0 Å². The predicted molar refractivity (Wildman–Crippen MR) is 74.9 cm³/mol. The minimum Gasteiger partial charge on any atom is -0.478 e. The van der Waals surface area contributed by atoms with Gasteiger partial charge in [-0.05, 0) is 30.5 Å². The summed E-state index contributed by atoms with van der Waals surface area (Å²) < 4.78 is 30.5. The highest BCUT2D eigenvalue weighted by atomic mass is 32.2. The van der Waals surface area contributed by atoms with Crippen LogP contribution < -0.4 is 0 Å². The van der Waals surface area contributed by atoms with Crippen molar-refractivity contribution in [3.05, 3.63) is 29.6 Å². The Hall–Kier alpha value is -1.27. The second-order valence-corrected chi connectivity index (χ2v) is 6.36. The summed E-state index contributed by atoms with van der Waals surface area (Å²) in [5.74, 6) is -1.38. The fourth-order valence-corrected chi connectivity index (χ4v) is 2.46. The van der Waals surface area contributed by atoms with Crippen molar-refractivity contribution >= 4 is 16.8 Å². The zero-order valence-corrected chi connectivity index (χ0v) is 12.4. The molecular formula is C14H19FO4S. The van der Waals surface area contributed by atoms with Crippen LogP contribution in [-0.4, -0.2) is 34.3 Å². The Labute approximate surface area is 120 Å². The Kier molecular flexibility index (Phi) is 6.81. The molecule has 4 nitrogen and oxygen atoms in total. The first-order chi connectivity index (χ1) is 9.41. The summed E-state index contributed by atoms with van der Waals surface area (Å²) in [6.45, 7) is 5.12. The highest BCUT2D eigenvalue weighted by molar-refractivity contribution is 7.85. The molecule has 20 heavy (non-hydrogen) atoms. The second-order valence-electron chi connectivity index (χ2n) is 4.79. The first-order valence-electron chi connectivity index (χ1n) is 6.40. The van der Waals surface area contributed by atoms with Gasteiger partial charge in [0.1, 0.15) is 5.82 Å². The van der Waals surface area contributed by atoms with E-state index in [2.05, 4.69) is 13.8 Å². The summed E-state index contributed by atoms with van der Waals surface area (Å²) in [6, 6.07) is 3.48. The number of carbonyl (C=O) groups is 1. The van der Waals surface area contributed by atoms with Gasteiger partial charge in [0.2, 0.25) is 0 Å². The third-order valence-corrected chi connectivity index (χ3v) is 4.00. The fraction of sp³-hybridized carbons (Fsp3) is 0.500. The van der Waals surface area contributed by atoms with Gasteiger partial charge in [-0.1, -0.05) is 13.8 Å². The van der Waals surface area contributed by atoms with Gasteiger partial charge in [-0.2, -0.15) is 0 Å². The summed E-state index contributed by atoms with van der Waals surface area (Å²) in [4.78, 5) is 11.1. The van der Waals surface area contributed by atoms with Crippen molar-refractivity contribution < 1.29 is 23.2 Å². The lowest BCUT2D eigenvalue weighted by Crippen LogP contribution is -2.09. The van der Waals surface area contributed by atoms with E-state index in [-0.39, 0.29) is 5.75 Å². The molecular weight excluding hydrogens is 283 g/mol. The van der Waals surface area contributed by atoms with Crippen LogP contribution in [0.3, 0.4) is 0 Å². The van der Waals surface area contributed by atoms with E-state index in [1.807, 2.05) is 0 Å². The monoisotopic (exact) mass is 302 g/mol. The second kappa shape index (κ2) is 8.11. The Bertz CT molecular complexity index is 488. The van der Waals surface area contributed by atoms with Gasteiger partial charge in [-0.15, -0.1) is 0 Å². The van der Waals surface area contributed by atoms with Crippen LogP contribution >= 0.6 is 0 Å². The molecule has 1 rings (SSSR count). The maximum atomic E-state index is 13.2. The maximum absolute atomic E-state index is 13.2. The van der Waals surface area contributed by atoms with Crippen molar-refractivity contribution in [1.29, 1.82) is 0 Å². The SMILES string of the molecule is CC(C)CCOCCS(=O)c1ccc(F)c(C(=O)O)c1. The molecule has 0 heterocycles. The average molecular weight is 302 g/mol. The number of carboxylic acids is 1. The number of hydrogen-bond acceptors (Lipinski definition) is 3. The lowest BCUT2D eigenvalue weighted by molar-refractivity contribution is 0.0691. The Morgan fingerprint density at radius 1 is 1.40 bits per heavy atom. The molecule has 1 unspecified atom stereocenters. The summed E-state index contributed by atoms with van der Waals surface area (Å²) in [5, 5.41) is 8.81. The molecule has 6 heteroatoms. The minimum absolute atomic E-state index is 0.267. The quantitative estimate of drug-likeness (QED) is 0.750. The van der Waals surface area contributed by atoms with E-state index in [0.717, 1.165) is 18.6 Å². The van der Waals surface area contributed by atoms with Crippen LogP contribution in [0, 0.1) is 11.7 Å². The number of halogens is 1. The van der Waals surface area contributed by atoms with Gasteiger partial charge in [0, 0.05) is 11.5 Å². The molecule has 112 valence electrons. The first-order valence-corrected chi connectivity index (χ1v) is 7.72. The van der Waals surface area contributed by atoms with Crippen LogP contribution in [0.25, 0.3) is 0 Å². The summed E-state index contributed by atoms with van der Waals surface area (Å²) in [5.41, 5.74) is -0.462. The molecule has 1 atom stereocenters.